The highest BCUT2D eigenvalue weighted by molar-refractivity contribution is 6.33. The Morgan fingerprint density at radius 3 is 2.22 bits per heavy atom. The highest BCUT2D eigenvalue weighted by Gasteiger charge is 2.12. The molecule has 0 bridgehead atoms. The van der Waals surface area contributed by atoms with Crippen molar-refractivity contribution in [3.8, 4) is 17.2 Å². The molecule has 4 heteroatoms. The van der Waals surface area contributed by atoms with Gasteiger partial charge in [-0.3, -0.25) is 0 Å². The molecule has 0 unspecified atom stereocenters. The zero-order chi connectivity index (χ0) is 16.1. The summed E-state index contributed by atoms with van der Waals surface area (Å²) in [4.78, 5) is 0. The van der Waals surface area contributed by atoms with E-state index in [9.17, 15) is 0 Å². The van der Waals surface area contributed by atoms with E-state index in [1.54, 1.807) is 13.2 Å². The zero-order valence-electron chi connectivity index (χ0n) is 12.8. The standard InChI is InChI=1S/C19H17ClO3/c1-21-19-16-10-6-5-9-15(16)18(13-17(19)20)23-12-11-22-14-7-3-2-4-8-14/h2-10,13H,11-12H2,1H3. The van der Waals surface area contributed by atoms with E-state index in [4.69, 9.17) is 25.8 Å². The molecule has 0 aliphatic carbocycles. The molecule has 23 heavy (non-hydrogen) atoms. The quantitative estimate of drug-likeness (QED) is 0.599. The molecule has 0 spiro atoms. The van der Waals surface area contributed by atoms with Crippen LogP contribution < -0.4 is 14.2 Å². The van der Waals surface area contributed by atoms with Crippen LogP contribution in [0.25, 0.3) is 10.8 Å². The molecule has 0 fully saturated rings. The van der Waals surface area contributed by atoms with E-state index in [1.165, 1.54) is 0 Å². The average Bonchev–Trinajstić information content (AvgIpc) is 2.59. The predicted octanol–water partition coefficient (Wildman–Crippen LogP) is 4.96. The molecule has 0 aliphatic heterocycles. The summed E-state index contributed by atoms with van der Waals surface area (Å²) >= 11 is 6.28. The van der Waals surface area contributed by atoms with E-state index in [-0.39, 0.29) is 0 Å². The minimum atomic E-state index is 0.432. The fourth-order valence-electron chi connectivity index (χ4n) is 2.44. The van der Waals surface area contributed by atoms with E-state index in [1.807, 2.05) is 54.6 Å². The number of benzene rings is 3. The van der Waals surface area contributed by atoms with E-state index >= 15 is 0 Å². The van der Waals surface area contributed by atoms with E-state index in [0.29, 0.717) is 24.0 Å². The van der Waals surface area contributed by atoms with Crippen LogP contribution in [0.1, 0.15) is 0 Å². The van der Waals surface area contributed by atoms with Crippen LogP contribution in [-0.2, 0) is 0 Å². The van der Waals surface area contributed by atoms with Gasteiger partial charge >= 0.3 is 0 Å². The topological polar surface area (TPSA) is 27.7 Å². The van der Waals surface area contributed by atoms with Gasteiger partial charge in [0.25, 0.3) is 0 Å². The van der Waals surface area contributed by atoms with Crippen LogP contribution >= 0.6 is 11.6 Å². The second kappa shape index (κ2) is 7.25. The van der Waals surface area contributed by atoms with Crippen molar-refractivity contribution in [2.45, 2.75) is 0 Å². The van der Waals surface area contributed by atoms with Gasteiger partial charge in [0, 0.05) is 16.8 Å². The van der Waals surface area contributed by atoms with Gasteiger partial charge in [-0.1, -0.05) is 54.1 Å². The second-order valence-corrected chi connectivity index (χ2v) is 5.35. The fraction of sp³-hybridized carbons (Fsp3) is 0.158. The first-order valence-electron chi connectivity index (χ1n) is 7.35. The van der Waals surface area contributed by atoms with Crippen molar-refractivity contribution in [1.82, 2.24) is 0 Å². The summed E-state index contributed by atoms with van der Waals surface area (Å²) in [5, 5.41) is 2.43. The van der Waals surface area contributed by atoms with Crippen molar-refractivity contribution < 1.29 is 14.2 Å². The Morgan fingerprint density at radius 2 is 1.48 bits per heavy atom. The number of halogens is 1. The monoisotopic (exact) mass is 328 g/mol. The molecule has 3 nitrogen and oxygen atoms in total. The minimum Gasteiger partial charge on any atom is -0.495 e. The molecule has 0 saturated carbocycles. The Kier molecular flexibility index (Phi) is 4.89. The molecule has 0 radical (unpaired) electrons. The average molecular weight is 329 g/mol. The van der Waals surface area contributed by atoms with Crippen LogP contribution in [0.2, 0.25) is 5.02 Å². The van der Waals surface area contributed by atoms with Crippen LogP contribution in [0.5, 0.6) is 17.2 Å². The molecule has 3 rings (SSSR count). The molecule has 0 aliphatic rings. The number of fused-ring (bicyclic) bond motifs is 1. The lowest BCUT2D eigenvalue weighted by atomic mass is 10.1. The third kappa shape index (κ3) is 3.51. The van der Waals surface area contributed by atoms with Gasteiger partial charge in [0.05, 0.1) is 12.1 Å². The Hall–Kier alpha value is -2.39. The Bertz CT molecular complexity index is 787. The summed E-state index contributed by atoms with van der Waals surface area (Å²) in [6.45, 7) is 0.892. The number of methoxy groups -OCH3 is 1. The largest absolute Gasteiger partial charge is 0.495 e. The highest BCUT2D eigenvalue weighted by atomic mass is 35.5. The molecule has 0 N–H and O–H groups in total. The van der Waals surface area contributed by atoms with Crippen molar-refractivity contribution in [2.24, 2.45) is 0 Å². The van der Waals surface area contributed by atoms with Gasteiger partial charge in [0.15, 0.2) is 0 Å². The minimum absolute atomic E-state index is 0.432. The molecule has 0 saturated heterocycles. The lowest BCUT2D eigenvalue weighted by Crippen LogP contribution is -2.09. The van der Waals surface area contributed by atoms with Crippen LogP contribution in [0.15, 0.2) is 60.7 Å². The van der Waals surface area contributed by atoms with Gasteiger partial charge in [0.1, 0.15) is 30.5 Å². The summed E-state index contributed by atoms with van der Waals surface area (Å²) in [5.74, 6) is 2.21. The van der Waals surface area contributed by atoms with Crippen LogP contribution in [0.4, 0.5) is 0 Å². The van der Waals surface area contributed by atoms with E-state index in [2.05, 4.69) is 0 Å². The summed E-state index contributed by atoms with van der Waals surface area (Å²) in [5.41, 5.74) is 0. The second-order valence-electron chi connectivity index (χ2n) is 4.95. The molecule has 3 aromatic carbocycles. The van der Waals surface area contributed by atoms with Crippen molar-refractivity contribution in [2.75, 3.05) is 20.3 Å². The van der Waals surface area contributed by atoms with Crippen molar-refractivity contribution in [1.29, 1.82) is 0 Å². The maximum Gasteiger partial charge on any atom is 0.145 e. The van der Waals surface area contributed by atoms with Gasteiger partial charge in [-0.25, -0.2) is 0 Å². The molecule has 3 aromatic rings. The van der Waals surface area contributed by atoms with Crippen LogP contribution in [-0.4, -0.2) is 20.3 Å². The zero-order valence-corrected chi connectivity index (χ0v) is 13.5. The van der Waals surface area contributed by atoms with Crippen molar-refractivity contribution >= 4 is 22.4 Å². The Labute approximate surface area is 140 Å². The lowest BCUT2D eigenvalue weighted by Gasteiger charge is -2.14. The molecule has 0 atom stereocenters. The summed E-state index contributed by atoms with van der Waals surface area (Å²) in [6, 6.07) is 19.3. The van der Waals surface area contributed by atoms with Gasteiger partial charge in [0.2, 0.25) is 0 Å². The highest BCUT2D eigenvalue weighted by Crippen LogP contribution is 2.39. The number of rotatable bonds is 6. The molecule has 118 valence electrons. The third-order valence-corrected chi connectivity index (χ3v) is 3.75. The SMILES string of the molecule is COc1c(Cl)cc(OCCOc2ccccc2)c2ccccc12. The molecular weight excluding hydrogens is 312 g/mol. The lowest BCUT2D eigenvalue weighted by molar-refractivity contribution is 0.218. The van der Waals surface area contributed by atoms with Crippen molar-refractivity contribution in [3.63, 3.8) is 0 Å². The van der Waals surface area contributed by atoms with Gasteiger partial charge in [-0.05, 0) is 12.1 Å². The number of ether oxygens (including phenoxy) is 3. The fourth-order valence-corrected chi connectivity index (χ4v) is 2.72. The van der Waals surface area contributed by atoms with Crippen molar-refractivity contribution in [3.05, 3.63) is 65.7 Å². The van der Waals surface area contributed by atoms with Gasteiger partial charge in [-0.15, -0.1) is 0 Å². The van der Waals surface area contributed by atoms with E-state index in [0.717, 1.165) is 22.3 Å². The van der Waals surface area contributed by atoms with Crippen LogP contribution in [0, 0.1) is 0 Å². The summed E-state index contributed by atoms with van der Waals surface area (Å²) < 4.78 is 16.9. The normalized spacial score (nSPS) is 10.5. The Morgan fingerprint density at radius 1 is 0.826 bits per heavy atom. The summed E-state index contributed by atoms with van der Waals surface area (Å²) in [6.07, 6.45) is 0. The van der Waals surface area contributed by atoms with Gasteiger partial charge < -0.3 is 14.2 Å². The molecular formula is C19H17ClO3. The number of para-hydroxylation sites is 1. The molecule has 0 heterocycles. The number of hydrogen-bond donors (Lipinski definition) is 0. The first-order chi connectivity index (χ1) is 11.3. The predicted molar refractivity (Wildman–Crippen MR) is 92.9 cm³/mol. The molecule has 0 amide bonds. The first kappa shape index (κ1) is 15.5. The maximum absolute atomic E-state index is 6.28. The third-order valence-electron chi connectivity index (χ3n) is 3.47. The number of hydrogen-bond acceptors (Lipinski definition) is 3. The maximum atomic E-state index is 6.28. The summed E-state index contributed by atoms with van der Waals surface area (Å²) in [7, 11) is 1.61. The van der Waals surface area contributed by atoms with Crippen LogP contribution in [0.3, 0.4) is 0 Å². The molecule has 0 aromatic heterocycles. The first-order valence-corrected chi connectivity index (χ1v) is 7.73. The Balaban J connectivity index is 1.73. The van der Waals surface area contributed by atoms with Gasteiger partial charge in [-0.2, -0.15) is 0 Å². The van der Waals surface area contributed by atoms with E-state index < -0.39 is 0 Å². The smallest absolute Gasteiger partial charge is 0.145 e.